The number of anilines is 1. The number of nitrogens with one attached hydrogen (secondary N) is 1. The summed E-state index contributed by atoms with van der Waals surface area (Å²) < 4.78 is 10.5. The zero-order valence-corrected chi connectivity index (χ0v) is 21.2. The third-order valence-corrected chi connectivity index (χ3v) is 7.23. The fourth-order valence-corrected chi connectivity index (χ4v) is 4.81. The molecular weight excluding hydrogens is 442 g/mol. The van der Waals surface area contributed by atoms with Crippen LogP contribution in [0.1, 0.15) is 89.5 Å². The van der Waals surface area contributed by atoms with Gasteiger partial charge in [0.25, 0.3) is 5.91 Å². The van der Waals surface area contributed by atoms with E-state index in [1.165, 1.54) is 54.0 Å². The largest absolute Gasteiger partial charge is 0.506 e. The summed E-state index contributed by atoms with van der Waals surface area (Å²) in [5, 5.41) is 12.8. The first-order chi connectivity index (χ1) is 16.4. The Bertz CT molecular complexity index is 1300. The lowest BCUT2D eigenvalue weighted by Crippen LogP contribution is -2.34. The molecule has 0 aliphatic heterocycles. The second-order valence-corrected chi connectivity index (χ2v) is 10.7. The molecule has 184 valence electrons. The van der Waals surface area contributed by atoms with Crippen LogP contribution in [0.15, 0.2) is 46.9 Å². The van der Waals surface area contributed by atoms with Crippen molar-refractivity contribution < 1.29 is 23.8 Å². The average molecular weight is 476 g/mol. The zero-order chi connectivity index (χ0) is 25.5. The Balaban J connectivity index is 1.53. The molecule has 6 nitrogen and oxygen atoms in total. The third kappa shape index (κ3) is 4.83. The Kier molecular flexibility index (Phi) is 6.26. The highest BCUT2D eigenvalue weighted by molar-refractivity contribution is 6.03. The van der Waals surface area contributed by atoms with Gasteiger partial charge in [0.1, 0.15) is 11.5 Å². The third-order valence-electron chi connectivity index (χ3n) is 7.23. The number of amides is 1. The Morgan fingerprint density at radius 3 is 2.29 bits per heavy atom. The number of phenolic OH excluding ortho intramolecular Hbond substituents is 1. The lowest BCUT2D eigenvalue weighted by molar-refractivity contribution is 0.0600. The molecule has 0 unspecified atom stereocenters. The minimum Gasteiger partial charge on any atom is -0.506 e. The Labute approximate surface area is 206 Å². The van der Waals surface area contributed by atoms with Crippen LogP contribution in [0.3, 0.4) is 0 Å². The molecule has 1 amide bonds. The van der Waals surface area contributed by atoms with Gasteiger partial charge in [0.05, 0.1) is 18.4 Å². The van der Waals surface area contributed by atoms with Crippen LogP contribution < -0.4 is 5.32 Å². The number of esters is 1. The molecule has 0 radical (unpaired) electrons. The molecule has 0 saturated heterocycles. The Morgan fingerprint density at radius 1 is 1.00 bits per heavy atom. The van der Waals surface area contributed by atoms with Crippen LogP contribution in [0, 0.1) is 6.92 Å². The van der Waals surface area contributed by atoms with Gasteiger partial charge in [-0.05, 0) is 83.2 Å². The van der Waals surface area contributed by atoms with Crippen LogP contribution in [0.2, 0.25) is 0 Å². The molecule has 2 N–H and O–H groups in total. The molecule has 2 aromatic carbocycles. The van der Waals surface area contributed by atoms with Crippen LogP contribution in [-0.4, -0.2) is 24.1 Å². The predicted octanol–water partition coefficient (Wildman–Crippen LogP) is 6.27. The normalized spacial score (nSPS) is 15.8. The summed E-state index contributed by atoms with van der Waals surface area (Å²) in [5.41, 5.74) is 5.86. The van der Waals surface area contributed by atoms with Crippen molar-refractivity contribution in [3.05, 3.63) is 81.8 Å². The number of carbonyl (C=O) groups is 2. The first-order valence-electron chi connectivity index (χ1n) is 11.9. The summed E-state index contributed by atoms with van der Waals surface area (Å²) in [4.78, 5) is 24.3. The number of hydrogen-bond donors (Lipinski definition) is 2. The van der Waals surface area contributed by atoms with Gasteiger partial charge >= 0.3 is 5.97 Å². The number of rotatable bonds is 5. The van der Waals surface area contributed by atoms with Crippen molar-refractivity contribution in [3.8, 4) is 5.75 Å². The highest BCUT2D eigenvalue weighted by atomic mass is 16.5. The van der Waals surface area contributed by atoms with Crippen LogP contribution in [0.5, 0.6) is 5.75 Å². The van der Waals surface area contributed by atoms with E-state index in [1.54, 1.807) is 6.07 Å². The molecule has 0 saturated carbocycles. The number of methoxy groups -OCH3 is 1. The highest BCUT2D eigenvalue weighted by Gasteiger charge is 2.37. The van der Waals surface area contributed by atoms with Gasteiger partial charge in [0.2, 0.25) is 0 Å². The summed E-state index contributed by atoms with van der Waals surface area (Å²) in [6.07, 6.45) is 2.90. The molecular formula is C29H33NO5. The number of phenols is 1. The van der Waals surface area contributed by atoms with E-state index in [0.717, 1.165) is 6.42 Å². The molecule has 35 heavy (non-hydrogen) atoms. The molecule has 1 aliphatic carbocycles. The van der Waals surface area contributed by atoms with Crippen LogP contribution >= 0.6 is 0 Å². The monoisotopic (exact) mass is 475 g/mol. The molecule has 4 rings (SSSR count). The van der Waals surface area contributed by atoms with Gasteiger partial charge in [-0.15, -0.1) is 0 Å². The first kappa shape index (κ1) is 24.6. The topological polar surface area (TPSA) is 88.8 Å². The van der Waals surface area contributed by atoms with Crippen molar-refractivity contribution in [2.75, 3.05) is 12.4 Å². The van der Waals surface area contributed by atoms with Crippen molar-refractivity contribution in [1.29, 1.82) is 0 Å². The number of aromatic hydroxyl groups is 1. The van der Waals surface area contributed by atoms with Gasteiger partial charge in [0, 0.05) is 6.42 Å². The SMILES string of the molecule is COC(=O)c1ccc(NC(=O)c2ccc(Cc3cc4c(cc3C)C(C)(C)CCC4(C)C)o2)c(O)c1. The number of carbonyl (C=O) groups excluding carboxylic acids is 2. The van der Waals surface area contributed by atoms with Gasteiger partial charge in [-0.1, -0.05) is 39.8 Å². The van der Waals surface area contributed by atoms with Crippen molar-refractivity contribution in [2.45, 2.75) is 64.7 Å². The molecule has 1 aliphatic rings. The molecule has 3 aromatic rings. The minimum absolute atomic E-state index is 0.118. The fourth-order valence-electron chi connectivity index (χ4n) is 4.81. The van der Waals surface area contributed by atoms with E-state index < -0.39 is 11.9 Å². The Morgan fingerprint density at radius 2 is 1.66 bits per heavy atom. The number of aryl methyl sites for hydroxylation is 1. The summed E-state index contributed by atoms with van der Waals surface area (Å²) in [7, 11) is 1.26. The smallest absolute Gasteiger partial charge is 0.337 e. The summed E-state index contributed by atoms with van der Waals surface area (Å²) in [6.45, 7) is 11.4. The zero-order valence-electron chi connectivity index (χ0n) is 21.2. The lowest BCUT2D eigenvalue weighted by atomic mass is 9.62. The van der Waals surface area contributed by atoms with Crippen molar-refractivity contribution in [3.63, 3.8) is 0 Å². The number of furan rings is 1. The predicted molar refractivity (Wildman–Crippen MR) is 135 cm³/mol. The summed E-state index contributed by atoms with van der Waals surface area (Å²) in [5.74, 6) is -0.450. The average Bonchev–Trinajstić information content (AvgIpc) is 3.27. The van der Waals surface area contributed by atoms with Gasteiger partial charge in [-0.25, -0.2) is 4.79 Å². The van der Waals surface area contributed by atoms with E-state index in [0.29, 0.717) is 12.2 Å². The van der Waals surface area contributed by atoms with Gasteiger partial charge in [0.15, 0.2) is 5.76 Å². The van der Waals surface area contributed by atoms with Crippen molar-refractivity contribution >= 4 is 17.6 Å². The maximum Gasteiger partial charge on any atom is 0.337 e. The highest BCUT2D eigenvalue weighted by Crippen LogP contribution is 2.46. The number of benzene rings is 2. The van der Waals surface area contributed by atoms with E-state index in [-0.39, 0.29) is 33.6 Å². The van der Waals surface area contributed by atoms with Crippen LogP contribution in [0.4, 0.5) is 5.69 Å². The van der Waals surface area contributed by atoms with Gasteiger partial charge < -0.3 is 19.6 Å². The molecule has 0 bridgehead atoms. The molecule has 0 fully saturated rings. The summed E-state index contributed by atoms with van der Waals surface area (Å²) >= 11 is 0. The second-order valence-electron chi connectivity index (χ2n) is 10.7. The fraction of sp³-hybridized carbons (Fsp3) is 0.379. The first-order valence-corrected chi connectivity index (χ1v) is 11.9. The van der Waals surface area contributed by atoms with Gasteiger partial charge in [-0.2, -0.15) is 0 Å². The van der Waals surface area contributed by atoms with Crippen LogP contribution in [0.25, 0.3) is 0 Å². The Hall–Kier alpha value is -3.54. The summed E-state index contributed by atoms with van der Waals surface area (Å²) in [6, 6.07) is 12.2. The molecule has 6 heteroatoms. The van der Waals surface area contributed by atoms with E-state index >= 15 is 0 Å². The van der Waals surface area contributed by atoms with E-state index in [9.17, 15) is 14.7 Å². The second kappa shape index (κ2) is 8.91. The molecule has 0 spiro atoms. The molecule has 1 heterocycles. The molecule has 0 atom stereocenters. The molecule has 1 aromatic heterocycles. The number of fused-ring (bicyclic) bond motifs is 1. The van der Waals surface area contributed by atoms with Crippen LogP contribution in [-0.2, 0) is 22.0 Å². The van der Waals surface area contributed by atoms with E-state index in [4.69, 9.17) is 4.42 Å². The van der Waals surface area contributed by atoms with Crippen molar-refractivity contribution in [1.82, 2.24) is 0 Å². The maximum atomic E-state index is 12.7. The van der Waals surface area contributed by atoms with E-state index in [2.05, 4.69) is 56.8 Å². The van der Waals surface area contributed by atoms with E-state index in [1.807, 2.05) is 6.07 Å². The number of ether oxygens (including phenoxy) is 1. The minimum atomic E-state index is -0.571. The number of hydrogen-bond acceptors (Lipinski definition) is 5. The van der Waals surface area contributed by atoms with Gasteiger partial charge in [-0.3, -0.25) is 4.79 Å². The maximum absolute atomic E-state index is 12.7. The standard InChI is InChI=1S/C29H33NO5/c1-17-13-21-22(29(4,5)12-11-28(21,2)3)15-19(17)14-20-8-10-25(35-20)26(32)30-23-9-7-18(16-24(23)31)27(33)34-6/h7-10,13,15-16,31H,11-12,14H2,1-6H3,(H,30,32). The quantitative estimate of drug-likeness (QED) is 0.335. The van der Waals surface area contributed by atoms with Crippen molar-refractivity contribution in [2.24, 2.45) is 0 Å². The lowest BCUT2D eigenvalue weighted by Gasteiger charge is -2.42.